The Hall–Kier alpha value is -3.08. The number of pyridine rings is 1. The van der Waals surface area contributed by atoms with Gasteiger partial charge in [0.05, 0.1) is 24.1 Å². The van der Waals surface area contributed by atoms with E-state index in [1.54, 1.807) is 11.6 Å². The topological polar surface area (TPSA) is 57.5 Å². The number of rotatable bonds is 3. The third kappa shape index (κ3) is 2.47. The number of para-hydroxylation sites is 2. The Labute approximate surface area is 150 Å². The molecule has 0 unspecified atom stereocenters. The highest BCUT2D eigenvalue weighted by molar-refractivity contribution is 5.91. The molecule has 0 amide bonds. The molecule has 4 rings (SSSR count). The average molecular weight is 349 g/mol. The molecule has 1 atom stereocenters. The summed E-state index contributed by atoms with van der Waals surface area (Å²) in [6.45, 7) is 2.42. The summed E-state index contributed by atoms with van der Waals surface area (Å²) in [5, 5.41) is 0.761. The van der Waals surface area contributed by atoms with E-state index in [2.05, 4.69) is 0 Å². The number of aryl methyl sites for hydroxylation is 1. The molecule has 1 aromatic heterocycles. The summed E-state index contributed by atoms with van der Waals surface area (Å²) in [5.41, 5.74) is 1.93. The molecule has 0 aliphatic carbocycles. The van der Waals surface area contributed by atoms with E-state index < -0.39 is 5.92 Å². The average Bonchev–Trinajstić information content (AvgIpc) is 2.66. The van der Waals surface area contributed by atoms with E-state index in [9.17, 15) is 9.59 Å². The second-order valence-electron chi connectivity index (χ2n) is 6.33. The van der Waals surface area contributed by atoms with Crippen molar-refractivity contribution in [2.45, 2.75) is 19.3 Å². The van der Waals surface area contributed by atoms with Crippen LogP contribution in [0.5, 0.6) is 11.5 Å². The van der Waals surface area contributed by atoms with Gasteiger partial charge in [-0.15, -0.1) is 0 Å². The predicted molar refractivity (Wildman–Crippen MR) is 98.9 cm³/mol. The number of carbonyl (C=O) groups excluding carboxylic acids is 1. The van der Waals surface area contributed by atoms with Gasteiger partial charge in [-0.1, -0.05) is 30.3 Å². The van der Waals surface area contributed by atoms with Crippen LogP contribution in [0.2, 0.25) is 0 Å². The third-order valence-electron chi connectivity index (χ3n) is 4.82. The molecule has 1 aliphatic heterocycles. The van der Waals surface area contributed by atoms with Crippen LogP contribution in [0.4, 0.5) is 0 Å². The largest absolute Gasteiger partial charge is 0.494 e. The summed E-state index contributed by atoms with van der Waals surface area (Å²) in [7, 11) is 1.74. The number of carbonyl (C=O) groups is 1. The van der Waals surface area contributed by atoms with E-state index in [0.717, 1.165) is 16.5 Å². The molecule has 0 N–H and O–H groups in total. The van der Waals surface area contributed by atoms with Gasteiger partial charge in [0.15, 0.2) is 0 Å². The van der Waals surface area contributed by atoms with Crippen LogP contribution < -0.4 is 15.0 Å². The number of benzene rings is 2. The number of hydrogen-bond acceptors (Lipinski definition) is 4. The first kappa shape index (κ1) is 16.4. The van der Waals surface area contributed by atoms with Crippen molar-refractivity contribution in [3.8, 4) is 11.5 Å². The van der Waals surface area contributed by atoms with Gasteiger partial charge < -0.3 is 14.0 Å². The van der Waals surface area contributed by atoms with E-state index in [4.69, 9.17) is 9.47 Å². The number of aromatic nitrogens is 1. The molecular formula is C21H19NO4. The molecule has 26 heavy (non-hydrogen) atoms. The van der Waals surface area contributed by atoms with Gasteiger partial charge in [-0.2, -0.15) is 0 Å². The van der Waals surface area contributed by atoms with Crippen LogP contribution >= 0.6 is 0 Å². The molecule has 0 saturated heterocycles. The minimum atomic E-state index is -0.391. The third-order valence-corrected chi connectivity index (χ3v) is 4.82. The maximum absolute atomic E-state index is 13.1. The summed E-state index contributed by atoms with van der Waals surface area (Å²) in [6, 6.07) is 15.0. The Balaban J connectivity index is 2.03. The van der Waals surface area contributed by atoms with Gasteiger partial charge in [-0.3, -0.25) is 9.59 Å². The van der Waals surface area contributed by atoms with E-state index >= 15 is 0 Å². The molecule has 0 radical (unpaired) electrons. The molecule has 0 spiro atoms. The quantitative estimate of drug-likeness (QED) is 0.680. The Bertz CT molecular complexity index is 1070. The van der Waals surface area contributed by atoms with E-state index in [1.165, 1.54) is 0 Å². The van der Waals surface area contributed by atoms with Gasteiger partial charge in [0, 0.05) is 23.9 Å². The normalized spacial score (nSPS) is 16.2. The second-order valence-corrected chi connectivity index (χ2v) is 6.33. The lowest BCUT2D eigenvalue weighted by atomic mass is 9.85. The fourth-order valence-electron chi connectivity index (χ4n) is 3.65. The van der Waals surface area contributed by atoms with Crippen molar-refractivity contribution in [1.29, 1.82) is 0 Å². The van der Waals surface area contributed by atoms with Gasteiger partial charge in [0.2, 0.25) is 0 Å². The maximum Gasteiger partial charge on any atom is 0.312 e. The van der Waals surface area contributed by atoms with Crippen LogP contribution in [0.3, 0.4) is 0 Å². The van der Waals surface area contributed by atoms with Gasteiger partial charge in [0.1, 0.15) is 11.5 Å². The summed E-state index contributed by atoms with van der Waals surface area (Å²) in [5.74, 6) is 0.330. The van der Waals surface area contributed by atoms with Crippen molar-refractivity contribution in [3.05, 3.63) is 70.0 Å². The van der Waals surface area contributed by atoms with Gasteiger partial charge in [-0.05, 0) is 25.1 Å². The van der Waals surface area contributed by atoms with Crippen molar-refractivity contribution >= 4 is 16.9 Å². The first-order chi connectivity index (χ1) is 12.6. The number of nitrogens with zero attached hydrogens (tertiary/aromatic N) is 1. The number of ether oxygens (including phenoxy) is 2. The molecule has 1 aliphatic rings. The zero-order valence-electron chi connectivity index (χ0n) is 14.7. The monoisotopic (exact) mass is 349 g/mol. The number of hydrogen-bond donors (Lipinski definition) is 0. The SMILES string of the molecule is CCOc1ccccc1[C@@H]1CC(=O)Oc2c1c(=O)n(C)c1ccccc21. The fraction of sp³-hybridized carbons (Fsp3) is 0.238. The van der Waals surface area contributed by atoms with Crippen molar-refractivity contribution < 1.29 is 14.3 Å². The highest BCUT2D eigenvalue weighted by Gasteiger charge is 2.34. The van der Waals surface area contributed by atoms with Crippen molar-refractivity contribution in [3.63, 3.8) is 0 Å². The van der Waals surface area contributed by atoms with Crippen molar-refractivity contribution in [2.75, 3.05) is 6.61 Å². The lowest BCUT2D eigenvalue weighted by molar-refractivity contribution is -0.135. The molecule has 0 saturated carbocycles. The molecular weight excluding hydrogens is 330 g/mol. The van der Waals surface area contributed by atoms with Crippen LogP contribution in [0, 0.1) is 0 Å². The lowest BCUT2D eigenvalue weighted by Crippen LogP contribution is -2.31. The minimum absolute atomic E-state index is 0.116. The maximum atomic E-state index is 13.1. The Morgan fingerprint density at radius 2 is 1.85 bits per heavy atom. The Morgan fingerprint density at radius 1 is 1.12 bits per heavy atom. The smallest absolute Gasteiger partial charge is 0.312 e. The van der Waals surface area contributed by atoms with Crippen molar-refractivity contribution in [2.24, 2.45) is 7.05 Å². The highest BCUT2D eigenvalue weighted by atomic mass is 16.5. The molecule has 2 aromatic carbocycles. The fourth-order valence-corrected chi connectivity index (χ4v) is 3.65. The van der Waals surface area contributed by atoms with E-state index in [0.29, 0.717) is 23.7 Å². The van der Waals surface area contributed by atoms with Gasteiger partial charge in [-0.25, -0.2) is 0 Å². The van der Waals surface area contributed by atoms with Crippen LogP contribution in [0.25, 0.3) is 10.9 Å². The number of fused-ring (bicyclic) bond motifs is 3. The lowest BCUT2D eigenvalue weighted by Gasteiger charge is -2.27. The molecule has 132 valence electrons. The van der Waals surface area contributed by atoms with Gasteiger partial charge in [0.25, 0.3) is 5.56 Å². The molecule has 0 fully saturated rings. The predicted octanol–water partition coefficient (Wildman–Crippen LogP) is 3.38. The zero-order valence-corrected chi connectivity index (χ0v) is 14.7. The molecule has 5 heteroatoms. The number of esters is 1. The van der Waals surface area contributed by atoms with Crippen molar-refractivity contribution in [1.82, 2.24) is 4.57 Å². The first-order valence-corrected chi connectivity index (χ1v) is 8.65. The standard InChI is InChI=1S/C21H19NO4/c1-3-25-17-11-7-5-8-13(17)15-12-18(23)26-20-14-9-4-6-10-16(14)22(2)21(24)19(15)20/h4-11,15H,3,12H2,1-2H3/t15-/m0/s1. The summed E-state index contributed by atoms with van der Waals surface area (Å²) < 4.78 is 12.9. The molecule has 5 nitrogen and oxygen atoms in total. The molecule has 3 aromatic rings. The zero-order chi connectivity index (χ0) is 18.3. The van der Waals surface area contributed by atoms with Crippen LogP contribution in [0.15, 0.2) is 53.3 Å². The van der Waals surface area contributed by atoms with Gasteiger partial charge >= 0.3 is 5.97 Å². The second kappa shape index (κ2) is 6.33. The molecule has 0 bridgehead atoms. The van der Waals surface area contributed by atoms with E-state index in [-0.39, 0.29) is 17.9 Å². The first-order valence-electron chi connectivity index (χ1n) is 8.65. The molecule has 2 heterocycles. The van der Waals surface area contributed by atoms with Crippen LogP contribution in [0.1, 0.15) is 30.4 Å². The highest BCUT2D eigenvalue weighted by Crippen LogP contribution is 2.42. The Kier molecular flexibility index (Phi) is 3.99. The van der Waals surface area contributed by atoms with E-state index in [1.807, 2.05) is 55.5 Å². The summed E-state index contributed by atoms with van der Waals surface area (Å²) in [4.78, 5) is 25.5. The summed E-state index contributed by atoms with van der Waals surface area (Å²) >= 11 is 0. The van der Waals surface area contributed by atoms with Crippen LogP contribution in [-0.4, -0.2) is 17.1 Å². The summed E-state index contributed by atoms with van der Waals surface area (Å²) in [6.07, 6.45) is 0.116. The minimum Gasteiger partial charge on any atom is -0.494 e. The van der Waals surface area contributed by atoms with Crippen LogP contribution in [-0.2, 0) is 11.8 Å². The Morgan fingerprint density at radius 3 is 2.65 bits per heavy atom.